The molecule has 0 fully saturated rings. The third-order valence-electron chi connectivity index (χ3n) is 2.61. The molecule has 0 radical (unpaired) electrons. The molecule has 2 rings (SSSR count). The second-order valence-electron chi connectivity index (χ2n) is 4.43. The number of benzene rings is 1. The molecule has 0 aliphatic rings. The number of hydrogen-bond acceptors (Lipinski definition) is 4. The fourth-order valence-electron chi connectivity index (χ4n) is 1.64. The smallest absolute Gasteiger partial charge is 0.328 e. The van der Waals surface area contributed by atoms with E-state index in [1.165, 1.54) is 24.3 Å². The van der Waals surface area contributed by atoms with Gasteiger partial charge < -0.3 is 10.4 Å². The summed E-state index contributed by atoms with van der Waals surface area (Å²) in [5, 5.41) is 13.6. The number of thiazole rings is 1. The number of carboxylic acid groups (broad SMARTS) is 1. The van der Waals surface area contributed by atoms with Gasteiger partial charge >= 0.3 is 5.97 Å². The van der Waals surface area contributed by atoms with Crippen LogP contribution in [0.5, 0.6) is 0 Å². The first-order valence-corrected chi connectivity index (χ1v) is 7.33. The molecule has 2 N–H and O–H groups in total. The Balaban J connectivity index is 2.02. The minimum Gasteiger partial charge on any atom is -0.478 e. The van der Waals surface area contributed by atoms with Gasteiger partial charge in [-0.3, -0.25) is 4.79 Å². The number of amides is 1. The van der Waals surface area contributed by atoms with Crippen LogP contribution in [0.15, 0.2) is 35.7 Å². The quantitative estimate of drug-likeness (QED) is 0.829. The molecule has 6 heteroatoms. The molecule has 22 heavy (non-hydrogen) atoms. The lowest BCUT2D eigenvalue weighted by Crippen LogP contribution is -2.04. The molecule has 0 unspecified atom stereocenters. The average Bonchev–Trinajstić information content (AvgIpc) is 2.90. The van der Waals surface area contributed by atoms with Gasteiger partial charge in [0.15, 0.2) is 5.13 Å². The first kappa shape index (κ1) is 15.7. The highest BCUT2D eigenvalue weighted by Crippen LogP contribution is 2.17. The van der Waals surface area contributed by atoms with E-state index in [4.69, 9.17) is 5.11 Å². The number of aliphatic carboxylic acids is 1. The summed E-state index contributed by atoms with van der Waals surface area (Å²) in [6, 6.07) is 7.45. The Morgan fingerprint density at radius 3 is 2.36 bits per heavy atom. The first-order chi connectivity index (χ1) is 10.5. The summed E-state index contributed by atoms with van der Waals surface area (Å²) < 4.78 is 0. The van der Waals surface area contributed by atoms with Crippen LogP contribution in [0.4, 0.5) is 5.13 Å². The molecule has 0 atom stereocenters. The molecule has 0 bridgehead atoms. The Morgan fingerprint density at radius 1 is 1.14 bits per heavy atom. The summed E-state index contributed by atoms with van der Waals surface area (Å²) in [4.78, 5) is 25.6. The van der Waals surface area contributed by atoms with Crippen LogP contribution >= 0.6 is 11.3 Å². The van der Waals surface area contributed by atoms with E-state index in [2.05, 4.69) is 10.3 Å². The summed E-state index contributed by atoms with van der Waals surface area (Å²) >= 11 is 1.37. The van der Waals surface area contributed by atoms with Gasteiger partial charge in [0, 0.05) is 18.4 Å². The van der Waals surface area contributed by atoms with Crippen molar-refractivity contribution < 1.29 is 14.7 Å². The lowest BCUT2D eigenvalue weighted by atomic mass is 10.1. The largest absolute Gasteiger partial charge is 0.478 e. The Labute approximate surface area is 131 Å². The highest BCUT2D eigenvalue weighted by molar-refractivity contribution is 7.14. The van der Waals surface area contributed by atoms with E-state index in [0.717, 1.165) is 22.9 Å². The number of aromatic nitrogens is 1. The van der Waals surface area contributed by atoms with Crippen LogP contribution in [0, 0.1) is 0 Å². The minimum atomic E-state index is -0.970. The zero-order valence-corrected chi connectivity index (χ0v) is 12.6. The average molecular weight is 314 g/mol. The normalized spacial score (nSPS) is 11.1. The number of nitrogens with one attached hydrogen (secondary N) is 1. The molecule has 0 saturated carbocycles. The molecule has 1 aromatic heterocycles. The van der Waals surface area contributed by atoms with Crippen molar-refractivity contribution in [2.75, 3.05) is 5.32 Å². The van der Waals surface area contributed by atoms with Crippen molar-refractivity contribution >= 4 is 46.6 Å². The van der Waals surface area contributed by atoms with Crippen molar-refractivity contribution in [2.45, 2.75) is 6.92 Å². The standard InChI is InChI=1S/C16H14N2O3S/c1-11(19)17-16-18-14(10-22-16)8-6-12-2-4-13(5-3-12)7-9-15(20)21/h2-10H,1H3,(H,20,21)(H,17,18,19)/b8-6?,9-7+. The number of anilines is 1. The maximum Gasteiger partial charge on any atom is 0.328 e. The van der Waals surface area contributed by atoms with Crippen LogP contribution in [0.1, 0.15) is 23.7 Å². The van der Waals surface area contributed by atoms with E-state index in [9.17, 15) is 9.59 Å². The van der Waals surface area contributed by atoms with Crippen LogP contribution < -0.4 is 5.32 Å². The second-order valence-corrected chi connectivity index (χ2v) is 5.29. The van der Waals surface area contributed by atoms with E-state index in [-0.39, 0.29) is 5.91 Å². The van der Waals surface area contributed by atoms with Gasteiger partial charge in [-0.2, -0.15) is 0 Å². The topological polar surface area (TPSA) is 79.3 Å². The SMILES string of the molecule is CC(=O)Nc1nc(C=Cc2ccc(/C=C/C(=O)O)cc2)cs1. The van der Waals surface area contributed by atoms with E-state index in [0.29, 0.717) is 5.13 Å². The van der Waals surface area contributed by atoms with Gasteiger partial charge in [0.2, 0.25) is 5.91 Å². The Morgan fingerprint density at radius 2 is 1.77 bits per heavy atom. The third-order valence-corrected chi connectivity index (χ3v) is 3.38. The van der Waals surface area contributed by atoms with Crippen molar-refractivity contribution in [3.05, 3.63) is 52.5 Å². The fraction of sp³-hybridized carbons (Fsp3) is 0.0625. The van der Waals surface area contributed by atoms with Crippen molar-refractivity contribution in [1.82, 2.24) is 4.98 Å². The van der Waals surface area contributed by atoms with Gasteiger partial charge in [0.05, 0.1) is 5.69 Å². The molecule has 0 saturated heterocycles. The van der Waals surface area contributed by atoms with Gasteiger partial charge in [-0.25, -0.2) is 9.78 Å². The molecule has 0 spiro atoms. The Kier molecular flexibility index (Phi) is 5.21. The van der Waals surface area contributed by atoms with Gasteiger partial charge in [0.1, 0.15) is 0 Å². The van der Waals surface area contributed by atoms with Gasteiger partial charge in [0.25, 0.3) is 0 Å². The van der Waals surface area contributed by atoms with Crippen LogP contribution in [0.25, 0.3) is 18.2 Å². The summed E-state index contributed by atoms with van der Waals surface area (Å²) in [6.45, 7) is 1.44. The fourth-order valence-corrected chi connectivity index (χ4v) is 2.36. The van der Waals surface area contributed by atoms with Crippen LogP contribution in [0.3, 0.4) is 0 Å². The van der Waals surface area contributed by atoms with Gasteiger partial charge in [-0.05, 0) is 23.3 Å². The molecular weight excluding hydrogens is 300 g/mol. The monoisotopic (exact) mass is 314 g/mol. The van der Waals surface area contributed by atoms with Gasteiger partial charge in [-0.1, -0.05) is 30.3 Å². The number of carboxylic acids is 1. The van der Waals surface area contributed by atoms with E-state index < -0.39 is 5.97 Å². The number of hydrogen-bond donors (Lipinski definition) is 2. The number of carbonyl (C=O) groups excluding carboxylic acids is 1. The molecule has 0 aliphatic carbocycles. The lowest BCUT2D eigenvalue weighted by Gasteiger charge is -1.95. The molecule has 112 valence electrons. The van der Waals surface area contributed by atoms with Crippen molar-refractivity contribution in [3.63, 3.8) is 0 Å². The number of rotatable bonds is 5. The lowest BCUT2D eigenvalue weighted by molar-refractivity contribution is -0.131. The third kappa shape index (κ3) is 4.99. The summed E-state index contributed by atoms with van der Waals surface area (Å²) in [5.74, 6) is -1.11. The van der Waals surface area contributed by atoms with E-state index in [1.54, 1.807) is 0 Å². The van der Waals surface area contributed by atoms with Gasteiger partial charge in [-0.15, -0.1) is 11.3 Å². The molecule has 2 aromatic rings. The zero-order valence-electron chi connectivity index (χ0n) is 11.8. The predicted octanol–water partition coefficient (Wildman–Crippen LogP) is 3.37. The zero-order chi connectivity index (χ0) is 15.9. The highest BCUT2D eigenvalue weighted by atomic mass is 32.1. The first-order valence-electron chi connectivity index (χ1n) is 6.45. The highest BCUT2D eigenvalue weighted by Gasteiger charge is 2.00. The molecule has 5 nitrogen and oxygen atoms in total. The number of nitrogens with zero attached hydrogens (tertiary/aromatic N) is 1. The van der Waals surface area contributed by atoms with Crippen LogP contribution in [0.2, 0.25) is 0 Å². The van der Waals surface area contributed by atoms with E-state index in [1.807, 2.05) is 41.8 Å². The van der Waals surface area contributed by atoms with E-state index >= 15 is 0 Å². The minimum absolute atomic E-state index is 0.144. The maximum absolute atomic E-state index is 10.9. The van der Waals surface area contributed by atoms with Crippen LogP contribution in [-0.4, -0.2) is 22.0 Å². The molecule has 1 heterocycles. The second kappa shape index (κ2) is 7.33. The summed E-state index contributed by atoms with van der Waals surface area (Å²) in [7, 11) is 0. The van der Waals surface area contributed by atoms with Crippen molar-refractivity contribution in [1.29, 1.82) is 0 Å². The van der Waals surface area contributed by atoms with Crippen LogP contribution in [-0.2, 0) is 9.59 Å². The molecule has 0 aliphatic heterocycles. The van der Waals surface area contributed by atoms with Crippen molar-refractivity contribution in [3.8, 4) is 0 Å². The number of carbonyl (C=O) groups is 2. The summed E-state index contributed by atoms with van der Waals surface area (Å²) in [5.41, 5.74) is 2.56. The molecule has 1 amide bonds. The maximum atomic E-state index is 10.9. The predicted molar refractivity (Wildman–Crippen MR) is 88.5 cm³/mol. The van der Waals surface area contributed by atoms with Crippen molar-refractivity contribution in [2.24, 2.45) is 0 Å². The Hall–Kier alpha value is -2.73. The summed E-state index contributed by atoms with van der Waals surface area (Å²) in [6.07, 6.45) is 6.39. The molecular formula is C16H14N2O3S. The molecule has 1 aromatic carbocycles. The Bertz CT molecular complexity index is 730.